The number of esters is 1. The summed E-state index contributed by atoms with van der Waals surface area (Å²) in [5.41, 5.74) is 0. The number of nitrogens with one attached hydrogen (secondary N) is 1. The lowest BCUT2D eigenvalue weighted by atomic mass is 9.95. The van der Waals surface area contributed by atoms with Crippen LogP contribution in [-0.2, 0) is 14.3 Å². The van der Waals surface area contributed by atoms with Gasteiger partial charge in [0.05, 0.1) is 6.61 Å². The number of hydrogen-bond acceptors (Lipinski definition) is 4. The molecule has 1 amide bonds. The molecule has 1 unspecified atom stereocenters. The Morgan fingerprint density at radius 1 is 1.47 bits per heavy atom. The molecule has 0 spiro atoms. The Bertz CT molecular complexity index is 268. The molecular weight excluding hydrogens is 220 g/mol. The number of nitrogens with zero attached hydrogens (tertiary/aromatic N) is 1. The minimum absolute atomic E-state index is 0.236. The van der Waals surface area contributed by atoms with Crippen molar-refractivity contribution in [3.8, 4) is 0 Å². The van der Waals surface area contributed by atoms with E-state index in [1.165, 1.54) is 12.8 Å². The maximum Gasteiger partial charge on any atom is 0.396 e. The lowest BCUT2D eigenvalue weighted by Crippen LogP contribution is -2.37. The van der Waals surface area contributed by atoms with E-state index in [1.54, 1.807) is 6.92 Å². The zero-order valence-electron chi connectivity index (χ0n) is 10.7. The quantitative estimate of drug-likeness (QED) is 0.572. The maximum absolute atomic E-state index is 11.2. The third-order valence-corrected chi connectivity index (χ3v) is 3.02. The van der Waals surface area contributed by atoms with Crippen LogP contribution in [0.15, 0.2) is 0 Å². The third kappa shape index (κ3) is 5.17. The van der Waals surface area contributed by atoms with Gasteiger partial charge in [-0.05, 0) is 45.7 Å². The van der Waals surface area contributed by atoms with Crippen LogP contribution in [0, 0.1) is 5.92 Å². The fraction of sp³-hybridized carbons (Fsp3) is 0.833. The van der Waals surface area contributed by atoms with Gasteiger partial charge in [0.2, 0.25) is 0 Å². The molecule has 1 aliphatic rings. The van der Waals surface area contributed by atoms with Gasteiger partial charge in [0.15, 0.2) is 0 Å². The summed E-state index contributed by atoms with van der Waals surface area (Å²) in [4.78, 5) is 24.6. The van der Waals surface area contributed by atoms with E-state index in [4.69, 9.17) is 0 Å². The number of carbonyl (C=O) groups excluding carboxylic acids is 2. The first-order valence-electron chi connectivity index (χ1n) is 6.27. The van der Waals surface area contributed by atoms with Crippen molar-refractivity contribution in [2.24, 2.45) is 5.92 Å². The monoisotopic (exact) mass is 242 g/mol. The maximum atomic E-state index is 11.2. The Kier molecular flexibility index (Phi) is 5.97. The fourth-order valence-electron chi connectivity index (χ4n) is 2.17. The molecule has 0 saturated carbocycles. The molecule has 17 heavy (non-hydrogen) atoms. The van der Waals surface area contributed by atoms with Crippen molar-refractivity contribution in [3.63, 3.8) is 0 Å². The summed E-state index contributed by atoms with van der Waals surface area (Å²) >= 11 is 0. The lowest BCUT2D eigenvalue weighted by molar-refractivity contribution is -0.154. The first-order chi connectivity index (χ1) is 8.13. The van der Waals surface area contributed by atoms with Crippen LogP contribution >= 0.6 is 0 Å². The van der Waals surface area contributed by atoms with Gasteiger partial charge in [0.1, 0.15) is 0 Å². The second-order valence-corrected chi connectivity index (χ2v) is 4.54. The summed E-state index contributed by atoms with van der Waals surface area (Å²) in [6, 6.07) is 0. The molecule has 0 aromatic rings. The molecule has 0 bridgehead atoms. The molecule has 1 aliphatic heterocycles. The second kappa shape index (κ2) is 7.27. The van der Waals surface area contributed by atoms with Crippen LogP contribution in [-0.4, -0.2) is 50.1 Å². The molecule has 0 radical (unpaired) electrons. The number of ether oxygens (including phenoxy) is 1. The SMILES string of the molecule is CCOC(=O)C(=O)NCCC1CCCN(C)C1. The Balaban J connectivity index is 2.14. The molecule has 0 aromatic carbocycles. The highest BCUT2D eigenvalue weighted by atomic mass is 16.5. The largest absolute Gasteiger partial charge is 0.459 e. The zero-order chi connectivity index (χ0) is 12.7. The molecule has 5 heteroatoms. The van der Waals surface area contributed by atoms with Crippen molar-refractivity contribution in [1.82, 2.24) is 10.2 Å². The van der Waals surface area contributed by atoms with E-state index in [9.17, 15) is 9.59 Å². The second-order valence-electron chi connectivity index (χ2n) is 4.54. The number of piperidine rings is 1. The number of carbonyl (C=O) groups is 2. The van der Waals surface area contributed by atoms with Gasteiger partial charge >= 0.3 is 11.9 Å². The molecule has 1 saturated heterocycles. The van der Waals surface area contributed by atoms with E-state index in [0.29, 0.717) is 12.5 Å². The van der Waals surface area contributed by atoms with Crippen molar-refractivity contribution in [2.45, 2.75) is 26.2 Å². The van der Waals surface area contributed by atoms with Gasteiger partial charge in [-0.25, -0.2) is 4.79 Å². The third-order valence-electron chi connectivity index (χ3n) is 3.02. The molecule has 1 heterocycles. The van der Waals surface area contributed by atoms with Crippen molar-refractivity contribution < 1.29 is 14.3 Å². The van der Waals surface area contributed by atoms with Gasteiger partial charge in [-0.2, -0.15) is 0 Å². The predicted molar refractivity (Wildman–Crippen MR) is 64.5 cm³/mol. The van der Waals surface area contributed by atoms with Gasteiger partial charge in [-0.3, -0.25) is 4.79 Å². The van der Waals surface area contributed by atoms with Crippen LogP contribution in [0.3, 0.4) is 0 Å². The molecule has 98 valence electrons. The minimum atomic E-state index is -0.784. The molecule has 1 N–H and O–H groups in total. The predicted octanol–water partition coefficient (Wildman–Crippen LogP) is 0.398. The van der Waals surface area contributed by atoms with E-state index >= 15 is 0 Å². The molecule has 1 rings (SSSR count). The van der Waals surface area contributed by atoms with Crippen LogP contribution in [0.2, 0.25) is 0 Å². The smallest absolute Gasteiger partial charge is 0.396 e. The molecule has 5 nitrogen and oxygen atoms in total. The minimum Gasteiger partial charge on any atom is -0.459 e. The van der Waals surface area contributed by atoms with Gasteiger partial charge in [0.25, 0.3) is 0 Å². The highest BCUT2D eigenvalue weighted by Gasteiger charge is 2.18. The molecule has 0 aromatic heterocycles. The van der Waals surface area contributed by atoms with E-state index in [2.05, 4.69) is 22.0 Å². The van der Waals surface area contributed by atoms with Crippen LogP contribution in [0.25, 0.3) is 0 Å². The summed E-state index contributed by atoms with van der Waals surface area (Å²) in [6.45, 7) is 4.71. The summed E-state index contributed by atoms with van der Waals surface area (Å²) in [6.07, 6.45) is 3.35. The Labute approximate surface area is 102 Å². The highest BCUT2D eigenvalue weighted by Crippen LogP contribution is 2.17. The Hall–Kier alpha value is -1.10. The van der Waals surface area contributed by atoms with Crippen LogP contribution in [0.1, 0.15) is 26.2 Å². The van der Waals surface area contributed by atoms with Gasteiger partial charge in [-0.1, -0.05) is 0 Å². The summed E-state index contributed by atoms with van der Waals surface area (Å²) in [5, 5.41) is 2.60. The van der Waals surface area contributed by atoms with Crippen molar-refractivity contribution in [3.05, 3.63) is 0 Å². The molecule has 1 fully saturated rings. The zero-order valence-corrected chi connectivity index (χ0v) is 10.7. The van der Waals surface area contributed by atoms with Gasteiger partial charge in [-0.15, -0.1) is 0 Å². The van der Waals surface area contributed by atoms with Gasteiger partial charge < -0.3 is 15.0 Å². The van der Waals surface area contributed by atoms with Crippen LogP contribution in [0.5, 0.6) is 0 Å². The van der Waals surface area contributed by atoms with Gasteiger partial charge in [0, 0.05) is 13.1 Å². The highest BCUT2D eigenvalue weighted by molar-refractivity contribution is 6.32. The first kappa shape index (κ1) is 14.0. The van der Waals surface area contributed by atoms with E-state index in [-0.39, 0.29) is 6.61 Å². The number of likely N-dealkylation sites (tertiary alicyclic amines) is 1. The van der Waals surface area contributed by atoms with Crippen LogP contribution < -0.4 is 5.32 Å². The number of hydrogen-bond donors (Lipinski definition) is 1. The van der Waals surface area contributed by atoms with E-state index < -0.39 is 11.9 Å². The average molecular weight is 242 g/mol. The van der Waals surface area contributed by atoms with Crippen molar-refractivity contribution in [2.75, 3.05) is 33.3 Å². The summed E-state index contributed by atoms with van der Waals surface area (Å²) < 4.78 is 4.60. The Morgan fingerprint density at radius 2 is 2.24 bits per heavy atom. The lowest BCUT2D eigenvalue weighted by Gasteiger charge is -2.29. The molecular formula is C12H22N2O3. The Morgan fingerprint density at radius 3 is 2.88 bits per heavy atom. The normalized spacial score (nSPS) is 20.9. The first-order valence-corrected chi connectivity index (χ1v) is 6.27. The summed E-state index contributed by atoms with van der Waals surface area (Å²) in [7, 11) is 2.11. The topological polar surface area (TPSA) is 58.6 Å². The molecule has 1 atom stereocenters. The molecule has 0 aliphatic carbocycles. The standard InChI is InChI=1S/C12H22N2O3/c1-3-17-12(16)11(15)13-7-6-10-5-4-8-14(2)9-10/h10H,3-9H2,1-2H3,(H,13,15). The van der Waals surface area contributed by atoms with E-state index in [0.717, 1.165) is 19.5 Å². The number of amides is 1. The number of rotatable bonds is 4. The van der Waals surface area contributed by atoms with Crippen molar-refractivity contribution >= 4 is 11.9 Å². The average Bonchev–Trinajstić information content (AvgIpc) is 2.29. The van der Waals surface area contributed by atoms with Crippen LogP contribution in [0.4, 0.5) is 0 Å². The van der Waals surface area contributed by atoms with E-state index in [1.807, 2.05) is 0 Å². The summed E-state index contributed by atoms with van der Waals surface area (Å²) in [5.74, 6) is -0.791. The fourth-order valence-corrected chi connectivity index (χ4v) is 2.17. The van der Waals surface area contributed by atoms with Crippen molar-refractivity contribution in [1.29, 1.82) is 0 Å².